The van der Waals surface area contributed by atoms with E-state index >= 15 is 0 Å². The van der Waals surface area contributed by atoms with Crippen molar-refractivity contribution in [3.05, 3.63) is 29.6 Å². The highest BCUT2D eigenvalue weighted by Gasteiger charge is 2.07. The minimum atomic E-state index is -0.935. The van der Waals surface area contributed by atoms with Gasteiger partial charge in [-0.3, -0.25) is 0 Å². The highest BCUT2D eigenvalue weighted by Crippen LogP contribution is 2.00. The second-order valence-corrected chi connectivity index (χ2v) is 3.76. The number of nitrogens with one attached hydrogen (secondary N) is 1. The van der Waals surface area contributed by atoms with Gasteiger partial charge in [-0.1, -0.05) is 6.58 Å². The van der Waals surface area contributed by atoms with Crippen LogP contribution in [0.5, 0.6) is 0 Å². The van der Waals surface area contributed by atoms with E-state index in [-0.39, 0.29) is 11.6 Å². The van der Waals surface area contributed by atoms with Gasteiger partial charge >= 0.3 is 12.0 Å². The van der Waals surface area contributed by atoms with Gasteiger partial charge in [0.25, 0.3) is 0 Å². The number of carboxylic acid groups (broad SMARTS) is 1. The molecule has 1 amide bonds. The summed E-state index contributed by atoms with van der Waals surface area (Å²) in [6.45, 7) is 10.8. The smallest absolute Gasteiger partial charge is 0.342 e. The third-order valence-corrected chi connectivity index (χ3v) is 1.90. The molecule has 100 valence electrons. The average molecular weight is 253 g/mol. The van der Waals surface area contributed by atoms with Crippen molar-refractivity contribution in [3.63, 3.8) is 0 Å². The number of amides is 1. The fraction of sp³-hybridized carbons (Fsp3) is 0.417. The van der Waals surface area contributed by atoms with E-state index in [4.69, 9.17) is 5.11 Å². The van der Waals surface area contributed by atoms with E-state index in [1.54, 1.807) is 0 Å². The molecule has 0 bridgehead atoms. The minimum Gasteiger partial charge on any atom is -0.478 e. The first kappa shape index (κ1) is 15.9. The molecule has 0 radical (unpaired) electrons. The summed E-state index contributed by atoms with van der Waals surface area (Å²) in [6, 6.07) is 1.71. The molecule has 1 heterocycles. The number of aliphatic carboxylic acids is 1. The summed E-state index contributed by atoms with van der Waals surface area (Å²) in [7, 11) is 0. The van der Waals surface area contributed by atoms with Crippen LogP contribution in [0, 0.1) is 13.8 Å². The number of hydrogen-bond donors (Lipinski definition) is 2. The molecule has 0 saturated carbocycles. The van der Waals surface area contributed by atoms with Gasteiger partial charge in [-0.05, 0) is 33.8 Å². The van der Waals surface area contributed by atoms with Crippen LogP contribution in [-0.2, 0) is 4.79 Å². The van der Waals surface area contributed by atoms with Crippen molar-refractivity contribution in [3.8, 4) is 0 Å². The Morgan fingerprint density at radius 2 is 2.00 bits per heavy atom. The molecule has 0 aromatic carbocycles. The molecule has 0 aliphatic heterocycles. The Labute approximate surface area is 106 Å². The largest absolute Gasteiger partial charge is 0.478 e. The Morgan fingerprint density at radius 1 is 1.50 bits per heavy atom. The van der Waals surface area contributed by atoms with Crippen molar-refractivity contribution in [2.24, 2.45) is 0 Å². The van der Waals surface area contributed by atoms with Crippen molar-refractivity contribution in [2.75, 3.05) is 6.54 Å². The van der Waals surface area contributed by atoms with Crippen LogP contribution in [0.3, 0.4) is 0 Å². The number of nitrogens with zero attached hydrogens (tertiary/aromatic N) is 2. The van der Waals surface area contributed by atoms with Crippen LogP contribution in [0.25, 0.3) is 0 Å². The number of aromatic nitrogens is 2. The standard InChI is InChI=1S/C8H13N3O.C4H6O2/c1-4-9-8(12)11-7(3)5-6(2)10-11;1-3(2)4(5)6/h5H,4H2,1-3H3,(H,9,12);1H2,2H3,(H,5,6). The van der Waals surface area contributed by atoms with Crippen LogP contribution in [-0.4, -0.2) is 33.4 Å². The second-order valence-electron chi connectivity index (χ2n) is 3.76. The minimum absolute atomic E-state index is 0.164. The fourth-order valence-corrected chi connectivity index (χ4v) is 1.06. The molecule has 0 fully saturated rings. The van der Waals surface area contributed by atoms with E-state index in [1.165, 1.54) is 11.6 Å². The lowest BCUT2D eigenvalue weighted by Crippen LogP contribution is -2.29. The molecule has 6 nitrogen and oxygen atoms in total. The molecule has 0 atom stereocenters. The number of carboxylic acids is 1. The quantitative estimate of drug-likeness (QED) is 0.786. The van der Waals surface area contributed by atoms with E-state index < -0.39 is 5.97 Å². The molecule has 0 aliphatic rings. The van der Waals surface area contributed by atoms with Crippen LogP contribution in [0.15, 0.2) is 18.2 Å². The SMILES string of the molecule is C=C(C)C(=O)O.CCNC(=O)n1nc(C)cc1C. The van der Waals surface area contributed by atoms with Crippen molar-refractivity contribution in [1.82, 2.24) is 15.1 Å². The Morgan fingerprint density at radius 3 is 2.28 bits per heavy atom. The lowest BCUT2D eigenvalue weighted by atomic mass is 10.4. The third kappa shape index (κ3) is 5.29. The number of rotatable bonds is 2. The average Bonchev–Trinajstić information content (AvgIpc) is 2.59. The van der Waals surface area contributed by atoms with Gasteiger partial charge in [0.2, 0.25) is 0 Å². The van der Waals surface area contributed by atoms with E-state index in [0.717, 1.165) is 11.4 Å². The lowest BCUT2D eigenvalue weighted by molar-refractivity contribution is -0.132. The summed E-state index contributed by atoms with van der Waals surface area (Å²) in [6.07, 6.45) is 0. The molecule has 0 unspecified atom stereocenters. The van der Waals surface area contributed by atoms with Gasteiger partial charge in [-0.2, -0.15) is 9.78 Å². The van der Waals surface area contributed by atoms with E-state index in [0.29, 0.717) is 6.54 Å². The molecule has 2 N–H and O–H groups in total. The normalized spacial score (nSPS) is 9.11. The fourth-order valence-electron chi connectivity index (χ4n) is 1.06. The molecular formula is C12H19N3O3. The highest BCUT2D eigenvalue weighted by molar-refractivity contribution is 5.84. The molecule has 0 aliphatic carbocycles. The first-order valence-electron chi connectivity index (χ1n) is 5.49. The van der Waals surface area contributed by atoms with E-state index in [1.807, 2.05) is 26.8 Å². The summed E-state index contributed by atoms with van der Waals surface area (Å²) in [5.74, 6) is -0.935. The molecule has 0 spiro atoms. The van der Waals surface area contributed by atoms with Crippen LogP contribution in [0.2, 0.25) is 0 Å². The maximum Gasteiger partial charge on any atom is 0.342 e. The maximum absolute atomic E-state index is 11.3. The maximum atomic E-state index is 11.3. The summed E-state index contributed by atoms with van der Waals surface area (Å²) < 4.78 is 1.37. The topological polar surface area (TPSA) is 84.2 Å². The monoisotopic (exact) mass is 253 g/mol. The number of aryl methyl sites for hydroxylation is 2. The van der Waals surface area contributed by atoms with E-state index in [9.17, 15) is 9.59 Å². The van der Waals surface area contributed by atoms with Crippen molar-refractivity contribution >= 4 is 12.0 Å². The Hall–Kier alpha value is -2.11. The zero-order chi connectivity index (χ0) is 14.3. The Kier molecular flexibility index (Phi) is 6.41. The van der Waals surface area contributed by atoms with Crippen LogP contribution < -0.4 is 5.32 Å². The molecule has 1 rings (SSSR count). The molecule has 6 heteroatoms. The van der Waals surface area contributed by atoms with Gasteiger partial charge in [0, 0.05) is 17.8 Å². The van der Waals surface area contributed by atoms with Gasteiger partial charge in [0.15, 0.2) is 0 Å². The van der Waals surface area contributed by atoms with Crippen LogP contribution >= 0.6 is 0 Å². The summed E-state index contributed by atoms with van der Waals surface area (Å²) in [5.41, 5.74) is 1.90. The molecular weight excluding hydrogens is 234 g/mol. The van der Waals surface area contributed by atoms with Crippen molar-refractivity contribution in [1.29, 1.82) is 0 Å². The van der Waals surface area contributed by atoms with Crippen LogP contribution in [0.1, 0.15) is 25.2 Å². The Balaban J connectivity index is 0.000000411. The summed E-state index contributed by atoms with van der Waals surface area (Å²) >= 11 is 0. The van der Waals surface area contributed by atoms with E-state index in [2.05, 4.69) is 17.0 Å². The zero-order valence-corrected chi connectivity index (χ0v) is 11.1. The first-order valence-corrected chi connectivity index (χ1v) is 5.49. The van der Waals surface area contributed by atoms with Gasteiger partial charge in [-0.25, -0.2) is 9.59 Å². The Bertz CT molecular complexity index is 437. The first-order chi connectivity index (χ1) is 8.29. The van der Waals surface area contributed by atoms with Gasteiger partial charge in [-0.15, -0.1) is 0 Å². The number of carbonyl (C=O) groups excluding carboxylic acids is 1. The summed E-state index contributed by atoms with van der Waals surface area (Å²) in [4.78, 5) is 20.9. The molecule has 1 aromatic rings. The zero-order valence-electron chi connectivity index (χ0n) is 11.1. The number of hydrogen-bond acceptors (Lipinski definition) is 3. The predicted octanol–water partition coefficient (Wildman–Crippen LogP) is 1.72. The van der Waals surface area contributed by atoms with Gasteiger partial charge in [0.05, 0.1) is 5.69 Å². The third-order valence-electron chi connectivity index (χ3n) is 1.90. The lowest BCUT2D eigenvalue weighted by Gasteiger charge is -2.02. The van der Waals surface area contributed by atoms with Gasteiger partial charge < -0.3 is 10.4 Å². The van der Waals surface area contributed by atoms with Crippen LogP contribution in [0.4, 0.5) is 4.79 Å². The predicted molar refractivity (Wildman–Crippen MR) is 68.6 cm³/mol. The van der Waals surface area contributed by atoms with Crippen molar-refractivity contribution in [2.45, 2.75) is 27.7 Å². The van der Waals surface area contributed by atoms with Crippen molar-refractivity contribution < 1.29 is 14.7 Å². The molecule has 1 aromatic heterocycles. The van der Waals surface area contributed by atoms with Gasteiger partial charge in [0.1, 0.15) is 0 Å². The molecule has 18 heavy (non-hydrogen) atoms. The second kappa shape index (κ2) is 7.26. The molecule has 0 saturated heterocycles. The number of carbonyl (C=O) groups is 2. The highest BCUT2D eigenvalue weighted by atomic mass is 16.4. The summed E-state index contributed by atoms with van der Waals surface area (Å²) in [5, 5.41) is 14.6.